The molecule has 104 valence electrons. The van der Waals surface area contributed by atoms with E-state index < -0.39 is 12.0 Å². The zero-order valence-electron chi connectivity index (χ0n) is 10.4. The van der Waals surface area contributed by atoms with E-state index in [1.807, 2.05) is 0 Å². The van der Waals surface area contributed by atoms with Gasteiger partial charge in [-0.15, -0.1) is 0 Å². The monoisotopic (exact) mass is 294 g/mol. The SMILES string of the molecule is CC(C(=O)Nc1ccc(C(=O)O)c(Cl)c1)n1cncn1. The Balaban J connectivity index is 2.12. The number of carbonyl (C=O) groups is 2. The topological polar surface area (TPSA) is 97.1 Å². The van der Waals surface area contributed by atoms with Crippen LogP contribution in [0, 0.1) is 0 Å². The third-order valence-electron chi connectivity index (χ3n) is 2.68. The van der Waals surface area contributed by atoms with Gasteiger partial charge in [-0.25, -0.2) is 14.5 Å². The number of nitrogens with one attached hydrogen (secondary N) is 1. The summed E-state index contributed by atoms with van der Waals surface area (Å²) < 4.78 is 1.41. The number of aromatic carboxylic acids is 1. The van der Waals surface area contributed by atoms with E-state index >= 15 is 0 Å². The molecule has 0 aliphatic rings. The molecule has 0 aliphatic heterocycles. The number of carbonyl (C=O) groups excluding carboxylic acids is 1. The van der Waals surface area contributed by atoms with Gasteiger partial charge in [0.25, 0.3) is 0 Å². The van der Waals surface area contributed by atoms with Crippen molar-refractivity contribution in [3.8, 4) is 0 Å². The number of amides is 1. The van der Waals surface area contributed by atoms with E-state index in [2.05, 4.69) is 15.4 Å². The Morgan fingerprint density at radius 3 is 2.75 bits per heavy atom. The van der Waals surface area contributed by atoms with Gasteiger partial charge in [0.15, 0.2) is 0 Å². The Labute approximate surface area is 119 Å². The second kappa shape index (κ2) is 5.70. The average Bonchev–Trinajstić information content (AvgIpc) is 2.91. The maximum absolute atomic E-state index is 12.0. The number of halogens is 1. The number of anilines is 1. The Kier molecular flexibility index (Phi) is 3.99. The van der Waals surface area contributed by atoms with Crippen molar-refractivity contribution in [1.82, 2.24) is 14.8 Å². The van der Waals surface area contributed by atoms with E-state index in [0.29, 0.717) is 5.69 Å². The van der Waals surface area contributed by atoms with Crippen molar-refractivity contribution in [2.24, 2.45) is 0 Å². The molecule has 2 N–H and O–H groups in total. The van der Waals surface area contributed by atoms with Crippen molar-refractivity contribution >= 4 is 29.2 Å². The van der Waals surface area contributed by atoms with Crippen LogP contribution in [0.3, 0.4) is 0 Å². The molecule has 0 spiro atoms. The minimum Gasteiger partial charge on any atom is -0.478 e. The van der Waals surface area contributed by atoms with Crippen molar-refractivity contribution in [1.29, 1.82) is 0 Å². The van der Waals surface area contributed by atoms with Crippen LogP contribution in [0.4, 0.5) is 5.69 Å². The van der Waals surface area contributed by atoms with Crippen LogP contribution in [0.2, 0.25) is 5.02 Å². The van der Waals surface area contributed by atoms with Gasteiger partial charge in [0.05, 0.1) is 10.6 Å². The normalized spacial score (nSPS) is 11.9. The molecule has 7 nitrogen and oxygen atoms in total. The van der Waals surface area contributed by atoms with Gasteiger partial charge in [-0.3, -0.25) is 4.79 Å². The van der Waals surface area contributed by atoms with Crippen LogP contribution >= 0.6 is 11.6 Å². The molecular weight excluding hydrogens is 284 g/mol. The first-order chi connectivity index (χ1) is 9.49. The molecule has 0 bridgehead atoms. The fourth-order valence-corrected chi connectivity index (χ4v) is 1.81. The summed E-state index contributed by atoms with van der Waals surface area (Å²) >= 11 is 5.83. The van der Waals surface area contributed by atoms with Gasteiger partial charge in [0, 0.05) is 5.69 Å². The lowest BCUT2D eigenvalue weighted by Gasteiger charge is -2.12. The van der Waals surface area contributed by atoms with Gasteiger partial charge in [-0.1, -0.05) is 11.6 Å². The number of benzene rings is 1. The molecule has 1 atom stereocenters. The van der Waals surface area contributed by atoms with E-state index in [4.69, 9.17) is 16.7 Å². The fraction of sp³-hybridized carbons (Fsp3) is 0.167. The number of carboxylic acid groups (broad SMARTS) is 1. The Morgan fingerprint density at radius 2 is 2.20 bits per heavy atom. The first-order valence-electron chi connectivity index (χ1n) is 5.67. The minimum atomic E-state index is -1.12. The molecule has 20 heavy (non-hydrogen) atoms. The maximum atomic E-state index is 12.0. The largest absolute Gasteiger partial charge is 0.478 e. The lowest BCUT2D eigenvalue weighted by molar-refractivity contribution is -0.119. The first-order valence-corrected chi connectivity index (χ1v) is 6.04. The molecule has 0 radical (unpaired) electrons. The van der Waals surface area contributed by atoms with Gasteiger partial charge in [-0.05, 0) is 25.1 Å². The third-order valence-corrected chi connectivity index (χ3v) is 2.99. The van der Waals surface area contributed by atoms with Gasteiger partial charge in [0.1, 0.15) is 18.7 Å². The summed E-state index contributed by atoms with van der Waals surface area (Å²) in [4.78, 5) is 26.6. The molecule has 1 aromatic carbocycles. The summed E-state index contributed by atoms with van der Waals surface area (Å²) in [6.07, 6.45) is 2.77. The maximum Gasteiger partial charge on any atom is 0.337 e. The Hall–Kier alpha value is -2.41. The Bertz CT molecular complexity index is 642. The number of hydrogen-bond donors (Lipinski definition) is 2. The standard InChI is InChI=1S/C12H11ClN4O3/c1-7(17-6-14-5-15-17)11(18)16-8-2-3-9(12(19)20)10(13)4-8/h2-7H,1H3,(H,16,18)(H,19,20). The lowest BCUT2D eigenvalue weighted by atomic mass is 10.2. The highest BCUT2D eigenvalue weighted by Gasteiger charge is 2.16. The van der Waals surface area contributed by atoms with Gasteiger partial charge in [-0.2, -0.15) is 5.10 Å². The van der Waals surface area contributed by atoms with E-state index in [0.717, 1.165) is 0 Å². The predicted octanol–water partition coefficient (Wildman–Crippen LogP) is 1.83. The fourth-order valence-electron chi connectivity index (χ4n) is 1.55. The van der Waals surface area contributed by atoms with Crippen LogP contribution in [0.25, 0.3) is 0 Å². The Morgan fingerprint density at radius 1 is 1.45 bits per heavy atom. The zero-order chi connectivity index (χ0) is 14.7. The summed E-state index contributed by atoms with van der Waals surface area (Å²) in [6, 6.07) is 3.65. The molecule has 2 aromatic rings. The molecule has 0 saturated heterocycles. The van der Waals surface area contributed by atoms with Crippen molar-refractivity contribution < 1.29 is 14.7 Å². The van der Waals surface area contributed by atoms with Crippen LogP contribution in [-0.2, 0) is 4.79 Å². The molecule has 1 amide bonds. The summed E-state index contributed by atoms with van der Waals surface area (Å²) in [5.41, 5.74) is 0.394. The zero-order valence-corrected chi connectivity index (χ0v) is 11.2. The minimum absolute atomic E-state index is 0.0195. The smallest absolute Gasteiger partial charge is 0.337 e. The molecule has 0 aliphatic carbocycles. The summed E-state index contributed by atoms with van der Waals surface area (Å²) in [5.74, 6) is -1.43. The van der Waals surface area contributed by atoms with Crippen molar-refractivity contribution in [3.63, 3.8) is 0 Å². The van der Waals surface area contributed by atoms with Gasteiger partial charge in [0.2, 0.25) is 5.91 Å². The number of rotatable bonds is 4. The van der Waals surface area contributed by atoms with Crippen molar-refractivity contribution in [3.05, 3.63) is 41.4 Å². The van der Waals surface area contributed by atoms with Crippen LogP contribution in [-0.4, -0.2) is 31.7 Å². The van der Waals surface area contributed by atoms with Crippen LogP contribution in [0.5, 0.6) is 0 Å². The third kappa shape index (κ3) is 2.94. The first kappa shape index (κ1) is 14.0. The van der Waals surface area contributed by atoms with Crippen LogP contribution in [0.15, 0.2) is 30.9 Å². The van der Waals surface area contributed by atoms with E-state index in [1.165, 1.54) is 35.5 Å². The second-order valence-corrected chi connectivity index (χ2v) is 4.45. The highest BCUT2D eigenvalue weighted by atomic mass is 35.5. The van der Waals surface area contributed by atoms with Crippen LogP contribution in [0.1, 0.15) is 23.3 Å². The molecular formula is C12H11ClN4O3. The average molecular weight is 295 g/mol. The summed E-state index contributed by atoms with van der Waals surface area (Å²) in [6.45, 7) is 1.66. The highest BCUT2D eigenvalue weighted by molar-refractivity contribution is 6.33. The highest BCUT2D eigenvalue weighted by Crippen LogP contribution is 2.21. The van der Waals surface area contributed by atoms with Crippen molar-refractivity contribution in [2.75, 3.05) is 5.32 Å². The predicted molar refractivity (Wildman–Crippen MR) is 71.8 cm³/mol. The van der Waals surface area contributed by atoms with Crippen LogP contribution < -0.4 is 5.32 Å². The lowest BCUT2D eigenvalue weighted by Crippen LogP contribution is -2.24. The van der Waals surface area contributed by atoms with Crippen molar-refractivity contribution in [2.45, 2.75) is 13.0 Å². The molecule has 8 heteroatoms. The molecule has 2 rings (SSSR count). The molecule has 0 saturated carbocycles. The number of carboxylic acids is 1. The number of nitrogens with zero attached hydrogens (tertiary/aromatic N) is 3. The van der Waals surface area contributed by atoms with E-state index in [-0.39, 0.29) is 16.5 Å². The number of hydrogen-bond acceptors (Lipinski definition) is 4. The molecule has 1 aromatic heterocycles. The summed E-state index contributed by atoms with van der Waals surface area (Å²) in [7, 11) is 0. The second-order valence-electron chi connectivity index (χ2n) is 4.04. The molecule has 1 heterocycles. The summed E-state index contributed by atoms with van der Waals surface area (Å²) in [5, 5.41) is 15.4. The molecule has 1 unspecified atom stereocenters. The van der Waals surface area contributed by atoms with E-state index in [9.17, 15) is 9.59 Å². The number of aromatic nitrogens is 3. The van der Waals surface area contributed by atoms with E-state index in [1.54, 1.807) is 6.92 Å². The quantitative estimate of drug-likeness (QED) is 0.896. The van der Waals surface area contributed by atoms with Gasteiger partial charge >= 0.3 is 5.97 Å². The van der Waals surface area contributed by atoms with Gasteiger partial charge < -0.3 is 10.4 Å². The molecule has 0 fully saturated rings.